The number of hydrogen-bond acceptors (Lipinski definition) is 8. The molecule has 4 rings (SSSR count). The van der Waals surface area contributed by atoms with Gasteiger partial charge in [-0.15, -0.1) is 0 Å². The minimum absolute atomic E-state index is 0.206. The highest BCUT2D eigenvalue weighted by Crippen LogP contribution is 2.21. The molecule has 0 bridgehead atoms. The van der Waals surface area contributed by atoms with E-state index in [4.69, 9.17) is 9.47 Å². The van der Waals surface area contributed by atoms with E-state index in [1.54, 1.807) is 30.3 Å². The minimum Gasteiger partial charge on any atom is -0.496 e. The SMILES string of the molecule is COc1ccc(/C=N\NC(=O)c2ccc(COc3ccc(I)cc3)cc2)cc1Cn1cnc([N+](=O)[O-])n1. The second-order valence-corrected chi connectivity index (χ2v) is 8.95. The van der Waals surface area contributed by atoms with Crippen molar-refractivity contribution in [3.05, 3.63) is 109 Å². The predicted molar refractivity (Wildman–Crippen MR) is 144 cm³/mol. The number of methoxy groups -OCH3 is 1. The van der Waals surface area contributed by atoms with Crippen molar-refractivity contribution in [3.8, 4) is 11.5 Å². The highest BCUT2D eigenvalue weighted by atomic mass is 127. The monoisotopic (exact) mass is 612 g/mol. The number of benzene rings is 3. The lowest BCUT2D eigenvalue weighted by atomic mass is 10.1. The minimum atomic E-state index is -0.661. The van der Waals surface area contributed by atoms with Crippen LogP contribution in [0, 0.1) is 13.7 Å². The Kier molecular flexibility index (Phi) is 8.40. The van der Waals surface area contributed by atoms with Gasteiger partial charge in [0.1, 0.15) is 18.1 Å². The van der Waals surface area contributed by atoms with Crippen molar-refractivity contribution in [3.63, 3.8) is 0 Å². The summed E-state index contributed by atoms with van der Waals surface area (Å²) in [5.41, 5.74) is 5.30. The van der Waals surface area contributed by atoms with Crippen LogP contribution in [0.25, 0.3) is 0 Å². The third-order valence-corrected chi connectivity index (χ3v) is 5.86. The van der Waals surface area contributed by atoms with E-state index in [1.807, 2.05) is 36.4 Å². The number of hydrogen-bond donors (Lipinski definition) is 1. The summed E-state index contributed by atoms with van der Waals surface area (Å²) in [4.78, 5) is 26.3. The van der Waals surface area contributed by atoms with E-state index >= 15 is 0 Å². The van der Waals surface area contributed by atoms with Crippen LogP contribution in [0.2, 0.25) is 0 Å². The summed E-state index contributed by atoms with van der Waals surface area (Å²) < 4.78 is 13.6. The molecule has 1 amide bonds. The van der Waals surface area contributed by atoms with Gasteiger partial charge in [-0.25, -0.2) is 5.43 Å². The number of nitrogens with one attached hydrogen (secondary N) is 1. The molecule has 0 fully saturated rings. The molecule has 0 radical (unpaired) electrons. The first-order valence-electron chi connectivity index (χ1n) is 10.9. The van der Waals surface area contributed by atoms with Crippen molar-refractivity contribution in [2.75, 3.05) is 7.11 Å². The first-order chi connectivity index (χ1) is 17.9. The van der Waals surface area contributed by atoms with Gasteiger partial charge >= 0.3 is 5.95 Å². The quantitative estimate of drug-likeness (QED) is 0.123. The lowest BCUT2D eigenvalue weighted by Crippen LogP contribution is -2.17. The van der Waals surface area contributed by atoms with E-state index in [2.05, 4.69) is 43.2 Å². The van der Waals surface area contributed by atoms with Crippen molar-refractivity contribution in [1.82, 2.24) is 20.2 Å². The van der Waals surface area contributed by atoms with Crippen LogP contribution in [-0.2, 0) is 13.2 Å². The van der Waals surface area contributed by atoms with E-state index in [0.717, 1.165) is 14.9 Å². The first-order valence-corrected chi connectivity index (χ1v) is 12.0. The highest BCUT2D eigenvalue weighted by Gasteiger charge is 2.15. The number of rotatable bonds is 10. The zero-order valence-corrected chi connectivity index (χ0v) is 21.7. The number of ether oxygens (including phenoxy) is 2. The number of nitrogens with zero attached hydrogens (tertiary/aromatic N) is 5. The van der Waals surface area contributed by atoms with Gasteiger partial charge in [0, 0.05) is 19.8 Å². The first kappa shape index (κ1) is 25.8. The molecule has 0 saturated carbocycles. The Hall–Kier alpha value is -4.33. The van der Waals surface area contributed by atoms with Crippen molar-refractivity contribution in [2.45, 2.75) is 13.2 Å². The number of amides is 1. The molecule has 1 aromatic heterocycles. The number of nitro groups is 1. The zero-order chi connectivity index (χ0) is 26.2. The predicted octanol–water partition coefficient (Wildman–Crippen LogP) is 4.19. The van der Waals surface area contributed by atoms with Crippen molar-refractivity contribution >= 4 is 40.7 Å². The second-order valence-electron chi connectivity index (χ2n) is 7.71. The summed E-state index contributed by atoms with van der Waals surface area (Å²) in [5, 5.41) is 18.7. The maximum atomic E-state index is 12.5. The summed E-state index contributed by atoms with van der Waals surface area (Å²) >= 11 is 2.24. The number of carbonyl (C=O) groups is 1. The Morgan fingerprint density at radius 1 is 1.16 bits per heavy atom. The molecule has 0 aliphatic rings. The Bertz CT molecular complexity index is 1420. The summed E-state index contributed by atoms with van der Waals surface area (Å²) in [6, 6.07) is 20.1. The van der Waals surface area contributed by atoms with Crippen LogP contribution in [0.1, 0.15) is 27.0 Å². The Morgan fingerprint density at radius 3 is 2.59 bits per heavy atom. The maximum Gasteiger partial charge on any atom is 0.490 e. The van der Waals surface area contributed by atoms with Crippen molar-refractivity contribution < 1.29 is 19.2 Å². The fourth-order valence-corrected chi connectivity index (χ4v) is 3.66. The van der Waals surface area contributed by atoms with Gasteiger partial charge in [0.15, 0.2) is 0 Å². The molecule has 0 atom stereocenters. The van der Waals surface area contributed by atoms with Gasteiger partial charge in [0.05, 0.1) is 19.9 Å². The number of aromatic nitrogens is 3. The van der Waals surface area contributed by atoms with Gasteiger partial charge in [-0.3, -0.25) is 4.79 Å². The van der Waals surface area contributed by atoms with Gasteiger partial charge < -0.3 is 19.6 Å². The molecule has 3 aromatic carbocycles. The Morgan fingerprint density at radius 2 is 1.92 bits per heavy atom. The normalized spacial score (nSPS) is 10.9. The fraction of sp³-hybridized carbons (Fsp3) is 0.120. The fourth-order valence-electron chi connectivity index (χ4n) is 3.30. The molecule has 12 heteroatoms. The molecule has 188 valence electrons. The summed E-state index contributed by atoms with van der Waals surface area (Å²) in [6.45, 7) is 0.597. The van der Waals surface area contributed by atoms with Crippen LogP contribution in [0.3, 0.4) is 0 Å². The molecule has 0 unspecified atom stereocenters. The molecular weight excluding hydrogens is 591 g/mol. The van der Waals surface area contributed by atoms with Gasteiger partial charge in [-0.1, -0.05) is 17.1 Å². The lowest BCUT2D eigenvalue weighted by molar-refractivity contribution is -0.394. The van der Waals surface area contributed by atoms with Gasteiger partial charge in [0.25, 0.3) is 5.91 Å². The topological polar surface area (TPSA) is 134 Å². The molecule has 0 saturated heterocycles. The van der Waals surface area contributed by atoms with Crippen LogP contribution in [0.5, 0.6) is 11.5 Å². The number of hydrazone groups is 1. The zero-order valence-electron chi connectivity index (χ0n) is 19.6. The molecule has 4 aromatic rings. The Balaban J connectivity index is 1.34. The largest absolute Gasteiger partial charge is 0.496 e. The van der Waals surface area contributed by atoms with E-state index in [9.17, 15) is 14.9 Å². The van der Waals surface area contributed by atoms with E-state index in [1.165, 1.54) is 24.3 Å². The van der Waals surface area contributed by atoms with Gasteiger partial charge in [-0.05, 0) is 93.2 Å². The molecule has 0 spiro atoms. The van der Waals surface area contributed by atoms with Gasteiger partial charge in [-0.2, -0.15) is 9.78 Å². The number of halogens is 1. The van der Waals surface area contributed by atoms with Crippen LogP contribution >= 0.6 is 22.6 Å². The van der Waals surface area contributed by atoms with E-state index < -0.39 is 10.9 Å². The maximum absolute atomic E-state index is 12.5. The molecule has 1 heterocycles. The van der Waals surface area contributed by atoms with Crippen LogP contribution < -0.4 is 14.9 Å². The van der Waals surface area contributed by atoms with Crippen molar-refractivity contribution in [2.24, 2.45) is 5.10 Å². The van der Waals surface area contributed by atoms with Crippen LogP contribution in [0.4, 0.5) is 5.95 Å². The molecule has 11 nitrogen and oxygen atoms in total. The van der Waals surface area contributed by atoms with E-state index in [0.29, 0.717) is 29.0 Å². The summed E-state index contributed by atoms with van der Waals surface area (Å²) in [7, 11) is 1.52. The molecule has 0 aliphatic carbocycles. The average Bonchev–Trinajstić information content (AvgIpc) is 3.38. The van der Waals surface area contributed by atoms with Crippen molar-refractivity contribution in [1.29, 1.82) is 0 Å². The van der Waals surface area contributed by atoms with Crippen LogP contribution in [0.15, 0.2) is 78.2 Å². The molecular formula is C25H21IN6O5. The summed E-state index contributed by atoms with van der Waals surface area (Å²) in [6.07, 6.45) is 2.77. The molecule has 1 N–H and O–H groups in total. The smallest absolute Gasteiger partial charge is 0.490 e. The highest BCUT2D eigenvalue weighted by molar-refractivity contribution is 14.1. The lowest BCUT2D eigenvalue weighted by Gasteiger charge is -2.08. The standard InChI is InChI=1S/C25H21IN6O5/c1-36-23-11-4-18(12-20(23)14-31-16-27-25(30-31)32(34)35)13-28-29-24(33)19-5-2-17(3-6-19)15-37-22-9-7-21(26)8-10-22/h2-13,16H,14-15H2,1H3,(H,29,33)/b28-13-. The summed E-state index contributed by atoms with van der Waals surface area (Å²) in [5.74, 6) is 0.516. The molecule has 0 aliphatic heterocycles. The third-order valence-electron chi connectivity index (χ3n) is 5.14. The average molecular weight is 612 g/mol. The third kappa shape index (κ3) is 7.10. The second kappa shape index (κ2) is 12.1. The van der Waals surface area contributed by atoms with Gasteiger partial charge in [0.2, 0.25) is 6.33 Å². The Labute approximate surface area is 225 Å². The van der Waals surface area contributed by atoms with Crippen LogP contribution in [-0.4, -0.2) is 38.9 Å². The molecule has 37 heavy (non-hydrogen) atoms. The number of carbonyl (C=O) groups excluding carboxylic acids is 1. The van der Waals surface area contributed by atoms with E-state index in [-0.39, 0.29) is 12.5 Å².